The van der Waals surface area contributed by atoms with Crippen molar-refractivity contribution in [3.8, 4) is 17.2 Å². The zero-order valence-corrected chi connectivity index (χ0v) is 19.4. The molecule has 0 atom stereocenters. The normalized spacial score (nSPS) is 10.7. The van der Waals surface area contributed by atoms with Crippen LogP contribution in [0.15, 0.2) is 66.7 Å². The number of hydrogen-bond donors (Lipinski definition) is 1. The lowest BCUT2D eigenvalue weighted by molar-refractivity contribution is -0.118. The van der Waals surface area contributed by atoms with E-state index in [0.717, 1.165) is 0 Å². The van der Waals surface area contributed by atoms with Crippen LogP contribution in [0.4, 0.5) is 5.69 Å². The molecule has 33 heavy (non-hydrogen) atoms. The van der Waals surface area contributed by atoms with Gasteiger partial charge >= 0.3 is 0 Å². The number of hydrogen-bond acceptors (Lipinski definition) is 5. The summed E-state index contributed by atoms with van der Waals surface area (Å²) < 4.78 is 16.2. The smallest absolute Gasteiger partial charge is 0.262 e. The number of rotatable bonds is 9. The lowest BCUT2D eigenvalue weighted by atomic mass is 10.1. The monoisotopic (exact) mass is 485 g/mol. The van der Waals surface area contributed by atoms with Gasteiger partial charge in [-0.25, -0.2) is 0 Å². The Hall–Kier alpha value is -3.48. The second kappa shape index (κ2) is 11.4. The van der Waals surface area contributed by atoms with Gasteiger partial charge < -0.3 is 19.5 Å². The predicted octanol–water partition coefficient (Wildman–Crippen LogP) is 5.92. The van der Waals surface area contributed by atoms with Crippen LogP contribution in [0.3, 0.4) is 0 Å². The first-order valence-corrected chi connectivity index (χ1v) is 10.6. The summed E-state index contributed by atoms with van der Waals surface area (Å²) >= 11 is 11.9. The predicted molar refractivity (Wildman–Crippen MR) is 130 cm³/mol. The Balaban J connectivity index is 1.64. The number of nitrogens with one attached hydrogen (secondary N) is 1. The maximum atomic E-state index is 12.4. The molecule has 0 radical (unpaired) electrons. The van der Waals surface area contributed by atoms with E-state index in [1.54, 1.807) is 54.6 Å². The van der Waals surface area contributed by atoms with Gasteiger partial charge in [-0.1, -0.05) is 47.5 Å². The zero-order chi connectivity index (χ0) is 23.8. The van der Waals surface area contributed by atoms with E-state index in [-0.39, 0.29) is 18.3 Å². The number of ketones is 1. The molecule has 3 aromatic carbocycles. The van der Waals surface area contributed by atoms with Crippen molar-refractivity contribution in [1.29, 1.82) is 0 Å². The van der Waals surface area contributed by atoms with Crippen molar-refractivity contribution < 1.29 is 23.8 Å². The van der Waals surface area contributed by atoms with Crippen LogP contribution in [0.1, 0.15) is 15.9 Å². The number of amides is 1. The van der Waals surface area contributed by atoms with E-state index < -0.39 is 0 Å². The fourth-order valence-corrected chi connectivity index (χ4v) is 3.20. The van der Waals surface area contributed by atoms with E-state index in [0.29, 0.717) is 44.1 Å². The molecule has 6 nitrogen and oxygen atoms in total. The van der Waals surface area contributed by atoms with Crippen LogP contribution >= 0.6 is 23.2 Å². The van der Waals surface area contributed by atoms with Crippen LogP contribution in [0.5, 0.6) is 17.2 Å². The summed E-state index contributed by atoms with van der Waals surface area (Å²) in [5.41, 5.74) is 1.69. The minimum absolute atomic E-state index is 0.221. The molecule has 0 fully saturated rings. The number of para-hydroxylation sites is 2. The van der Waals surface area contributed by atoms with Crippen LogP contribution in [-0.4, -0.2) is 32.5 Å². The largest absolute Gasteiger partial charge is 0.495 e. The molecule has 1 amide bonds. The maximum Gasteiger partial charge on any atom is 0.262 e. The van der Waals surface area contributed by atoms with E-state index in [2.05, 4.69) is 5.32 Å². The molecule has 8 heteroatoms. The van der Waals surface area contributed by atoms with Gasteiger partial charge in [0.1, 0.15) is 5.75 Å². The third kappa shape index (κ3) is 6.51. The Kier molecular flexibility index (Phi) is 8.35. The van der Waals surface area contributed by atoms with Crippen molar-refractivity contribution in [2.45, 2.75) is 0 Å². The van der Waals surface area contributed by atoms with Gasteiger partial charge in [0.2, 0.25) is 0 Å². The highest BCUT2D eigenvalue weighted by molar-refractivity contribution is 6.42. The van der Waals surface area contributed by atoms with Crippen LogP contribution < -0.4 is 19.5 Å². The fourth-order valence-electron chi connectivity index (χ4n) is 2.90. The summed E-state index contributed by atoms with van der Waals surface area (Å²) in [5, 5.41) is 3.44. The molecule has 0 aromatic heterocycles. The first-order valence-electron chi connectivity index (χ1n) is 9.82. The third-order valence-corrected chi connectivity index (χ3v) is 5.30. The van der Waals surface area contributed by atoms with Crippen molar-refractivity contribution in [2.75, 3.05) is 26.1 Å². The first kappa shape index (κ1) is 24.2. The molecule has 0 saturated carbocycles. The molecule has 0 aliphatic heterocycles. The molecular formula is C25H21Cl2NO5. The second-order valence-electron chi connectivity index (χ2n) is 6.77. The minimum Gasteiger partial charge on any atom is -0.495 e. The van der Waals surface area contributed by atoms with Gasteiger partial charge in [0.15, 0.2) is 23.9 Å². The number of carbonyl (C=O) groups excluding carboxylic acids is 2. The van der Waals surface area contributed by atoms with Gasteiger partial charge in [-0.2, -0.15) is 0 Å². The Morgan fingerprint density at radius 2 is 1.64 bits per heavy atom. The summed E-state index contributed by atoms with van der Waals surface area (Å²) in [5.74, 6) is 0.790. The highest BCUT2D eigenvalue weighted by atomic mass is 35.5. The van der Waals surface area contributed by atoms with Crippen LogP contribution in [0.25, 0.3) is 6.08 Å². The third-order valence-electron chi connectivity index (χ3n) is 4.56. The van der Waals surface area contributed by atoms with Crippen molar-refractivity contribution in [1.82, 2.24) is 0 Å². The molecule has 170 valence electrons. The number of methoxy groups -OCH3 is 2. The molecule has 1 N–H and O–H groups in total. The molecule has 0 aliphatic rings. The van der Waals surface area contributed by atoms with Gasteiger partial charge in [-0.15, -0.1) is 0 Å². The Morgan fingerprint density at radius 3 is 2.36 bits per heavy atom. The Labute approximate surface area is 201 Å². The molecular weight excluding hydrogens is 465 g/mol. The highest BCUT2D eigenvalue weighted by Crippen LogP contribution is 2.29. The quantitative estimate of drug-likeness (QED) is 0.300. The van der Waals surface area contributed by atoms with Crippen LogP contribution in [0, 0.1) is 0 Å². The lowest BCUT2D eigenvalue weighted by Crippen LogP contribution is -2.20. The zero-order valence-electron chi connectivity index (χ0n) is 17.9. The average Bonchev–Trinajstić information content (AvgIpc) is 2.83. The van der Waals surface area contributed by atoms with Crippen molar-refractivity contribution in [3.05, 3.63) is 87.9 Å². The summed E-state index contributed by atoms with van der Waals surface area (Å²) in [6.07, 6.45) is 3.07. The molecule has 0 unspecified atom stereocenters. The molecule has 0 bridgehead atoms. The lowest BCUT2D eigenvalue weighted by Gasteiger charge is -2.13. The van der Waals surface area contributed by atoms with Crippen LogP contribution in [-0.2, 0) is 4.79 Å². The summed E-state index contributed by atoms with van der Waals surface area (Å²) in [4.78, 5) is 24.7. The van der Waals surface area contributed by atoms with Crippen molar-refractivity contribution in [2.24, 2.45) is 0 Å². The Morgan fingerprint density at radius 1 is 0.879 bits per heavy atom. The van der Waals surface area contributed by atoms with Gasteiger partial charge in [0.25, 0.3) is 5.91 Å². The van der Waals surface area contributed by atoms with Crippen molar-refractivity contribution in [3.63, 3.8) is 0 Å². The highest BCUT2D eigenvalue weighted by Gasteiger charge is 2.11. The molecule has 3 rings (SSSR count). The number of ether oxygens (including phenoxy) is 3. The standard InChI is InChI=1S/C25H21Cl2NO5/c1-31-22-6-4-3-5-20(22)28-25(30)15-33-23-12-8-16(13-24(23)32-2)7-11-21(29)17-9-10-18(26)19(27)14-17/h3-14H,15H2,1-2H3,(H,28,30)/b11-7+. The average molecular weight is 486 g/mol. The van der Waals surface area contributed by atoms with Gasteiger partial charge in [0, 0.05) is 5.56 Å². The molecule has 0 aliphatic carbocycles. The van der Waals surface area contributed by atoms with Crippen molar-refractivity contribution >= 4 is 46.7 Å². The number of benzene rings is 3. The number of carbonyl (C=O) groups is 2. The summed E-state index contributed by atoms with van der Waals surface area (Å²) in [7, 11) is 3.02. The second-order valence-corrected chi connectivity index (χ2v) is 7.59. The summed E-state index contributed by atoms with van der Waals surface area (Å²) in [6, 6.07) is 16.9. The minimum atomic E-state index is -0.349. The molecule has 3 aromatic rings. The van der Waals surface area contributed by atoms with Crippen LogP contribution in [0.2, 0.25) is 10.0 Å². The number of halogens is 2. The Bertz CT molecular complexity index is 1190. The van der Waals surface area contributed by atoms with E-state index in [1.807, 2.05) is 6.07 Å². The number of allylic oxidation sites excluding steroid dienone is 1. The topological polar surface area (TPSA) is 73.9 Å². The van der Waals surface area contributed by atoms with E-state index in [4.69, 9.17) is 37.4 Å². The molecule has 0 spiro atoms. The van der Waals surface area contributed by atoms with E-state index in [1.165, 1.54) is 26.4 Å². The maximum absolute atomic E-state index is 12.4. The van der Waals surface area contributed by atoms with E-state index in [9.17, 15) is 9.59 Å². The van der Waals surface area contributed by atoms with E-state index >= 15 is 0 Å². The molecule has 0 saturated heterocycles. The van der Waals surface area contributed by atoms with Gasteiger partial charge in [-0.3, -0.25) is 9.59 Å². The SMILES string of the molecule is COc1ccccc1NC(=O)COc1ccc(/C=C/C(=O)c2ccc(Cl)c(Cl)c2)cc1OC. The fraction of sp³-hybridized carbons (Fsp3) is 0.120. The number of anilines is 1. The van der Waals surface area contributed by atoms with Gasteiger partial charge in [-0.05, 0) is 54.1 Å². The first-order chi connectivity index (χ1) is 15.9. The van der Waals surface area contributed by atoms with Gasteiger partial charge in [0.05, 0.1) is 30.0 Å². The molecule has 0 heterocycles. The summed E-state index contributed by atoms with van der Waals surface area (Å²) in [6.45, 7) is -0.223.